The van der Waals surface area contributed by atoms with Crippen molar-refractivity contribution in [2.45, 2.75) is 151 Å². The minimum atomic E-state index is -1.17. The highest BCUT2D eigenvalue weighted by Crippen LogP contribution is 2.76. The molecule has 7 rings (SSSR count). The van der Waals surface area contributed by atoms with Gasteiger partial charge in [-0.25, -0.2) is 0 Å². The van der Waals surface area contributed by atoms with Crippen molar-refractivity contribution in [3.63, 3.8) is 0 Å². The molecule has 55 heavy (non-hydrogen) atoms. The summed E-state index contributed by atoms with van der Waals surface area (Å²) >= 11 is 6.10. The number of rotatable bonds is 9. The molecule has 300 valence electrons. The lowest BCUT2D eigenvalue weighted by molar-refractivity contribution is -0.221. The van der Waals surface area contributed by atoms with Crippen LogP contribution >= 0.6 is 11.6 Å². The Hall–Kier alpha value is -3.00. The van der Waals surface area contributed by atoms with E-state index in [2.05, 4.69) is 64.8 Å². The van der Waals surface area contributed by atoms with E-state index in [-0.39, 0.29) is 51.8 Å². The molecular weight excluding hydrogens is 712 g/mol. The van der Waals surface area contributed by atoms with Crippen LogP contribution < -0.4 is 5.32 Å². The molecule has 6 aliphatic carbocycles. The van der Waals surface area contributed by atoms with Gasteiger partial charge in [-0.3, -0.25) is 24.2 Å². The smallest absolute Gasteiger partial charge is 0.309 e. The number of halogens is 1. The largest absolute Gasteiger partial charge is 0.481 e. The van der Waals surface area contributed by atoms with Crippen LogP contribution in [0.15, 0.2) is 41.6 Å². The van der Waals surface area contributed by atoms with Crippen LogP contribution in [0.3, 0.4) is 0 Å². The second kappa shape index (κ2) is 13.3. The summed E-state index contributed by atoms with van der Waals surface area (Å²) in [6.45, 7) is 19.5. The lowest BCUT2D eigenvalue weighted by atomic mass is 9.34. The summed E-state index contributed by atoms with van der Waals surface area (Å²) in [6, 6.07) is 3.71. The van der Waals surface area contributed by atoms with Gasteiger partial charge in [-0.05, 0) is 147 Å². The Morgan fingerprint density at radius 3 is 2.20 bits per heavy atom. The van der Waals surface area contributed by atoms with Crippen molar-refractivity contribution >= 4 is 35.2 Å². The van der Waals surface area contributed by atoms with Crippen molar-refractivity contribution in [2.24, 2.45) is 56.2 Å². The number of fused-ring (bicyclic) bond motifs is 7. The lowest BCUT2D eigenvalue weighted by Gasteiger charge is -2.70. The predicted molar refractivity (Wildman–Crippen MR) is 213 cm³/mol. The highest BCUT2D eigenvalue weighted by Gasteiger charge is 2.69. The van der Waals surface area contributed by atoms with Crippen molar-refractivity contribution in [3.05, 3.63) is 52.3 Å². The molecule has 1 amide bonds. The van der Waals surface area contributed by atoms with E-state index in [0.717, 1.165) is 75.5 Å². The van der Waals surface area contributed by atoms with Crippen molar-refractivity contribution in [3.8, 4) is 0 Å². The standard InChI is InChI=1S/C46H63ClN2O6/c1-27(2)37-29(50)24-45(21-16-35(51)49-46(22-23-46)33-11-10-28(47)26-48-33)20-14-32-43(8)17-12-30-41(5,6)34(55-36(52)25-40(3,4)39(53)54)15-19-42(30,7)31(43)13-18-44(32,9)38(37)45/h10-11,16,21,26-27,30-32,34H,12-15,17-20,22-25H2,1-9H3,(H,49,51)(H,53,54)/b21-16+/t30-,31+,32-,34-,42-,43+,44-,45+/m0/s1. The number of esters is 1. The number of pyridine rings is 1. The number of Topliss-reactive ketones (excluding diaryl/α,β-unsaturated/α-hetero) is 1. The Balaban J connectivity index is 1.14. The number of carbonyl (C=O) groups excluding carboxylic acids is 3. The number of hydrogen-bond donors (Lipinski definition) is 2. The van der Waals surface area contributed by atoms with Crippen LogP contribution in [0.2, 0.25) is 5.02 Å². The van der Waals surface area contributed by atoms with Gasteiger partial charge in [-0.1, -0.05) is 66.1 Å². The quantitative estimate of drug-likeness (QED) is 0.189. The first-order valence-electron chi connectivity index (χ1n) is 20.9. The molecule has 2 N–H and O–H groups in total. The summed E-state index contributed by atoms with van der Waals surface area (Å²) in [5, 5.41) is 13.4. The molecule has 0 aliphatic heterocycles. The van der Waals surface area contributed by atoms with Gasteiger partial charge in [0.05, 0.1) is 28.1 Å². The molecule has 8 nitrogen and oxygen atoms in total. The molecule has 5 saturated carbocycles. The van der Waals surface area contributed by atoms with E-state index in [1.54, 1.807) is 26.1 Å². The summed E-state index contributed by atoms with van der Waals surface area (Å²) in [6.07, 6.45) is 15.0. The second-order valence-corrected chi connectivity index (χ2v) is 21.3. The Morgan fingerprint density at radius 1 is 0.945 bits per heavy atom. The minimum Gasteiger partial charge on any atom is -0.481 e. The Kier molecular flexibility index (Phi) is 9.70. The van der Waals surface area contributed by atoms with Gasteiger partial charge in [0.2, 0.25) is 5.91 Å². The van der Waals surface area contributed by atoms with Crippen molar-refractivity contribution in [1.29, 1.82) is 0 Å². The average molecular weight is 775 g/mol. The Labute approximate surface area is 333 Å². The predicted octanol–water partition coefficient (Wildman–Crippen LogP) is 9.79. The molecule has 1 aromatic rings. The van der Waals surface area contributed by atoms with Crippen LogP contribution in [-0.2, 0) is 29.5 Å². The molecule has 9 heteroatoms. The van der Waals surface area contributed by atoms with Gasteiger partial charge < -0.3 is 15.2 Å². The van der Waals surface area contributed by atoms with Crippen LogP contribution in [0.4, 0.5) is 0 Å². The number of aliphatic carboxylic acids is 1. The molecule has 0 saturated heterocycles. The van der Waals surface area contributed by atoms with Crippen LogP contribution in [0.25, 0.3) is 0 Å². The average Bonchev–Trinajstić information content (AvgIpc) is 3.78. The fraction of sp³-hybridized carbons (Fsp3) is 0.717. The van der Waals surface area contributed by atoms with Crippen molar-refractivity contribution in [2.75, 3.05) is 0 Å². The third-order valence-electron chi connectivity index (χ3n) is 16.4. The third kappa shape index (κ3) is 6.34. The number of hydrogen-bond acceptors (Lipinski definition) is 6. The number of amides is 1. The minimum absolute atomic E-state index is 0.0616. The summed E-state index contributed by atoms with van der Waals surface area (Å²) in [7, 11) is 0. The van der Waals surface area contributed by atoms with Gasteiger partial charge in [0, 0.05) is 23.4 Å². The van der Waals surface area contributed by atoms with E-state index < -0.39 is 28.3 Å². The first-order chi connectivity index (χ1) is 25.5. The van der Waals surface area contributed by atoms with Gasteiger partial charge in [0.1, 0.15) is 6.10 Å². The maximum absolute atomic E-state index is 14.1. The monoisotopic (exact) mass is 774 g/mol. The fourth-order valence-corrected chi connectivity index (χ4v) is 13.8. The number of carboxylic acid groups (broad SMARTS) is 1. The topological polar surface area (TPSA) is 123 Å². The van der Waals surface area contributed by atoms with E-state index in [0.29, 0.717) is 29.2 Å². The summed E-state index contributed by atoms with van der Waals surface area (Å²) in [5.74, 6) is 0.0419. The van der Waals surface area contributed by atoms with E-state index in [9.17, 15) is 24.3 Å². The Morgan fingerprint density at radius 2 is 1.58 bits per heavy atom. The van der Waals surface area contributed by atoms with Crippen LogP contribution in [0.1, 0.15) is 145 Å². The molecule has 6 aliphatic rings. The van der Waals surface area contributed by atoms with Crippen molar-refractivity contribution < 1.29 is 29.0 Å². The van der Waals surface area contributed by atoms with Gasteiger partial charge in [-0.15, -0.1) is 0 Å². The SMILES string of the molecule is CC(C)C1=C2[C@@](/C=C/C(=O)NC3(c4ccc(Cl)cn4)CC3)(CC[C@H]3[C@]4(C)CC[C@H]5C(C)(C)[C@@H](OC(=O)CC(C)(C)C(=O)O)CC[C@]5(C)[C@H]4CC[C@]23C)CC1=O. The van der Waals surface area contributed by atoms with E-state index in [1.165, 1.54) is 5.57 Å². The van der Waals surface area contributed by atoms with E-state index in [4.69, 9.17) is 16.3 Å². The highest BCUT2D eigenvalue weighted by molar-refractivity contribution is 6.30. The highest BCUT2D eigenvalue weighted by atomic mass is 35.5. The number of aromatic nitrogens is 1. The molecule has 0 bridgehead atoms. The molecule has 1 heterocycles. The number of nitrogens with one attached hydrogen (secondary N) is 1. The maximum Gasteiger partial charge on any atom is 0.309 e. The summed E-state index contributed by atoms with van der Waals surface area (Å²) in [4.78, 5) is 57.1. The van der Waals surface area contributed by atoms with Crippen LogP contribution in [-0.4, -0.2) is 39.8 Å². The zero-order valence-electron chi connectivity index (χ0n) is 34.6. The van der Waals surface area contributed by atoms with Gasteiger partial charge >= 0.3 is 11.9 Å². The molecule has 0 spiro atoms. The Bertz CT molecular complexity index is 1840. The van der Waals surface area contributed by atoms with Crippen LogP contribution in [0, 0.1) is 56.2 Å². The molecule has 0 aromatic carbocycles. The lowest BCUT2D eigenvalue weighted by Crippen LogP contribution is -2.64. The number of carbonyl (C=O) groups is 4. The molecule has 8 atom stereocenters. The number of carboxylic acids is 1. The normalized spacial score (nSPS) is 37.5. The zero-order chi connectivity index (χ0) is 40.1. The number of allylic oxidation sites excluding steroid dienone is 3. The molecule has 0 radical (unpaired) electrons. The third-order valence-corrected chi connectivity index (χ3v) is 16.7. The second-order valence-electron chi connectivity index (χ2n) is 20.9. The zero-order valence-corrected chi connectivity index (χ0v) is 35.3. The molecule has 1 aromatic heterocycles. The first kappa shape index (κ1) is 40.2. The number of ketones is 1. The maximum atomic E-state index is 14.1. The summed E-state index contributed by atoms with van der Waals surface area (Å²) < 4.78 is 6.17. The van der Waals surface area contributed by atoms with E-state index in [1.807, 2.05) is 12.1 Å². The van der Waals surface area contributed by atoms with Crippen LogP contribution in [0.5, 0.6) is 0 Å². The first-order valence-corrected chi connectivity index (χ1v) is 21.3. The summed E-state index contributed by atoms with van der Waals surface area (Å²) in [5.41, 5.74) is 0.763. The van der Waals surface area contributed by atoms with Crippen molar-refractivity contribution in [1.82, 2.24) is 10.3 Å². The van der Waals surface area contributed by atoms with E-state index >= 15 is 0 Å². The van der Waals surface area contributed by atoms with Gasteiger partial charge in [0.15, 0.2) is 5.78 Å². The fourth-order valence-electron chi connectivity index (χ4n) is 13.7. The van der Waals surface area contributed by atoms with Gasteiger partial charge in [0.25, 0.3) is 0 Å². The molecule has 5 fully saturated rings. The molecule has 0 unspecified atom stereocenters. The number of ether oxygens (including phenoxy) is 1. The molecular formula is C46H63ClN2O6. The number of nitrogens with zero attached hydrogens (tertiary/aromatic N) is 1. The van der Waals surface area contributed by atoms with Gasteiger partial charge in [-0.2, -0.15) is 0 Å².